The lowest BCUT2D eigenvalue weighted by molar-refractivity contribution is -0.137. The number of carbonyl (C=O) groups is 2. The quantitative estimate of drug-likeness (QED) is 0.803. The van der Waals surface area contributed by atoms with E-state index in [9.17, 15) is 9.59 Å². The van der Waals surface area contributed by atoms with Crippen molar-refractivity contribution in [3.05, 3.63) is 22.2 Å². The maximum atomic E-state index is 10.8. The van der Waals surface area contributed by atoms with Crippen molar-refractivity contribution in [2.75, 3.05) is 6.79 Å². The number of carbonyl (C=O) groups excluding carboxylic acids is 1. The topological polar surface area (TPSA) is 84.9 Å². The summed E-state index contributed by atoms with van der Waals surface area (Å²) in [7, 11) is 0. The number of carboxylic acids is 1. The third-order valence-corrected chi connectivity index (χ3v) is 3.09. The van der Waals surface area contributed by atoms with Crippen molar-refractivity contribution in [2.24, 2.45) is 0 Å². The lowest BCUT2D eigenvalue weighted by Gasteiger charge is -2.15. The first-order valence-corrected chi connectivity index (χ1v) is 5.91. The maximum absolute atomic E-state index is 10.8. The number of hydrogen-bond donors (Lipinski definition) is 2. The van der Waals surface area contributed by atoms with Gasteiger partial charge in [0.25, 0.3) is 0 Å². The molecule has 1 atom stereocenters. The zero-order chi connectivity index (χ0) is 13.1. The molecule has 96 valence electrons. The van der Waals surface area contributed by atoms with Gasteiger partial charge in [-0.3, -0.25) is 9.59 Å². The van der Waals surface area contributed by atoms with E-state index < -0.39 is 12.0 Å². The Labute approximate surface area is 111 Å². The summed E-state index contributed by atoms with van der Waals surface area (Å²) in [6, 6.07) is 2.76. The highest BCUT2D eigenvalue weighted by atomic mass is 79.9. The molecule has 2 rings (SSSR count). The second-order valence-corrected chi connectivity index (χ2v) is 4.53. The molecule has 0 saturated carbocycles. The molecular formula is C11H10BrNO5. The smallest absolute Gasteiger partial charge is 0.305 e. The Balaban J connectivity index is 2.32. The third kappa shape index (κ3) is 2.56. The van der Waals surface area contributed by atoms with Gasteiger partial charge in [-0.2, -0.15) is 0 Å². The van der Waals surface area contributed by atoms with Gasteiger partial charge >= 0.3 is 5.97 Å². The van der Waals surface area contributed by atoms with Gasteiger partial charge in [0.2, 0.25) is 13.2 Å². The van der Waals surface area contributed by atoms with Crippen molar-refractivity contribution in [3.63, 3.8) is 0 Å². The van der Waals surface area contributed by atoms with Crippen LogP contribution in [0.1, 0.15) is 18.0 Å². The molecule has 6 nitrogen and oxygen atoms in total. The van der Waals surface area contributed by atoms with Crippen molar-refractivity contribution in [2.45, 2.75) is 12.5 Å². The van der Waals surface area contributed by atoms with Crippen molar-refractivity contribution in [1.82, 2.24) is 5.32 Å². The fraction of sp³-hybridized carbons (Fsp3) is 0.273. The first-order valence-electron chi connectivity index (χ1n) is 5.12. The van der Waals surface area contributed by atoms with Crippen LogP contribution in [0.4, 0.5) is 0 Å². The Bertz CT molecular complexity index is 491. The largest absolute Gasteiger partial charge is 0.481 e. The monoisotopic (exact) mass is 315 g/mol. The highest BCUT2D eigenvalue weighted by Gasteiger charge is 2.22. The molecule has 2 N–H and O–H groups in total. The maximum Gasteiger partial charge on any atom is 0.305 e. The standard InChI is InChI=1S/C11H10BrNO5/c12-7-1-6(2-9-11(7)18-5-17-9)8(13-4-14)3-10(15)16/h1-2,4,8H,3,5H2,(H,13,14)(H,15,16)/t8-/m1/s1. The molecule has 1 aromatic carbocycles. The van der Waals surface area contributed by atoms with E-state index >= 15 is 0 Å². The fourth-order valence-electron chi connectivity index (χ4n) is 1.72. The molecule has 0 spiro atoms. The van der Waals surface area contributed by atoms with Gasteiger partial charge in [-0.05, 0) is 33.6 Å². The first kappa shape index (κ1) is 12.7. The number of fused-ring (bicyclic) bond motifs is 1. The van der Waals surface area contributed by atoms with Crippen molar-refractivity contribution in [3.8, 4) is 11.5 Å². The van der Waals surface area contributed by atoms with Crippen LogP contribution >= 0.6 is 15.9 Å². The Morgan fingerprint density at radius 3 is 3.00 bits per heavy atom. The minimum atomic E-state index is -0.997. The van der Waals surface area contributed by atoms with E-state index in [4.69, 9.17) is 14.6 Å². The molecule has 0 aliphatic carbocycles. The van der Waals surface area contributed by atoms with Crippen LogP contribution < -0.4 is 14.8 Å². The lowest BCUT2D eigenvalue weighted by Crippen LogP contribution is -2.22. The molecule has 0 radical (unpaired) electrons. The van der Waals surface area contributed by atoms with E-state index in [2.05, 4.69) is 21.2 Å². The predicted molar refractivity (Wildman–Crippen MR) is 64.5 cm³/mol. The summed E-state index contributed by atoms with van der Waals surface area (Å²) in [5.41, 5.74) is 0.639. The molecule has 7 heteroatoms. The van der Waals surface area contributed by atoms with Gasteiger partial charge in [-0.15, -0.1) is 0 Å². The summed E-state index contributed by atoms with van der Waals surface area (Å²) in [6.07, 6.45) is 0.275. The van der Waals surface area contributed by atoms with Crippen LogP contribution in [0.3, 0.4) is 0 Å². The third-order valence-electron chi connectivity index (χ3n) is 2.50. The number of amides is 1. The SMILES string of the molecule is O=CN[C@H](CC(=O)O)c1cc(Br)c2c(c1)OCO2. The Morgan fingerprint density at radius 2 is 2.33 bits per heavy atom. The summed E-state index contributed by atoms with van der Waals surface area (Å²) < 4.78 is 11.1. The number of rotatable bonds is 5. The molecule has 0 fully saturated rings. The molecule has 18 heavy (non-hydrogen) atoms. The number of benzene rings is 1. The first-order chi connectivity index (χ1) is 8.61. The van der Waals surface area contributed by atoms with E-state index in [1.165, 1.54) is 0 Å². The minimum absolute atomic E-state index is 0.127. The number of nitrogens with one attached hydrogen (secondary N) is 1. The lowest BCUT2D eigenvalue weighted by atomic mass is 10.0. The number of aliphatic carboxylic acids is 1. The zero-order valence-electron chi connectivity index (χ0n) is 9.18. The molecule has 1 amide bonds. The summed E-state index contributed by atoms with van der Waals surface area (Å²) in [6.45, 7) is 0.127. The summed E-state index contributed by atoms with van der Waals surface area (Å²) in [4.78, 5) is 21.3. The van der Waals surface area contributed by atoms with Crippen LogP contribution in [0.15, 0.2) is 16.6 Å². The van der Waals surface area contributed by atoms with Crippen molar-refractivity contribution >= 4 is 28.3 Å². The predicted octanol–water partition coefficient (Wildman–Crippen LogP) is 1.44. The van der Waals surface area contributed by atoms with Gasteiger partial charge in [0.05, 0.1) is 16.9 Å². The van der Waals surface area contributed by atoms with Gasteiger partial charge in [0, 0.05) is 0 Å². The van der Waals surface area contributed by atoms with Crippen LogP contribution in [0.2, 0.25) is 0 Å². The molecule has 1 heterocycles. The van der Waals surface area contributed by atoms with E-state index in [1.807, 2.05) is 0 Å². The molecule has 0 saturated heterocycles. The second kappa shape index (κ2) is 5.26. The highest BCUT2D eigenvalue weighted by Crippen LogP contribution is 2.41. The van der Waals surface area contributed by atoms with Crippen LogP contribution in [0.25, 0.3) is 0 Å². The second-order valence-electron chi connectivity index (χ2n) is 3.67. The summed E-state index contributed by atoms with van der Waals surface area (Å²) >= 11 is 3.32. The van der Waals surface area contributed by atoms with E-state index in [0.717, 1.165) is 0 Å². The van der Waals surface area contributed by atoms with Gasteiger partial charge in [0.15, 0.2) is 11.5 Å². The Morgan fingerprint density at radius 1 is 1.56 bits per heavy atom. The van der Waals surface area contributed by atoms with Crippen LogP contribution in [0, 0.1) is 0 Å². The molecule has 1 aliphatic rings. The molecule has 0 aromatic heterocycles. The van der Waals surface area contributed by atoms with E-state index in [0.29, 0.717) is 27.9 Å². The average Bonchev–Trinajstić information content (AvgIpc) is 2.76. The van der Waals surface area contributed by atoms with E-state index in [1.54, 1.807) is 12.1 Å². The van der Waals surface area contributed by atoms with Crippen molar-refractivity contribution in [1.29, 1.82) is 0 Å². The average molecular weight is 316 g/mol. The summed E-state index contributed by atoms with van der Waals surface area (Å²) in [5.74, 6) is 0.115. The highest BCUT2D eigenvalue weighted by molar-refractivity contribution is 9.10. The number of ether oxygens (including phenoxy) is 2. The normalized spacial score (nSPS) is 14.1. The molecular weight excluding hydrogens is 306 g/mol. The van der Waals surface area contributed by atoms with Gasteiger partial charge in [-0.1, -0.05) is 0 Å². The van der Waals surface area contributed by atoms with Gasteiger partial charge < -0.3 is 19.9 Å². The van der Waals surface area contributed by atoms with Gasteiger partial charge in [-0.25, -0.2) is 0 Å². The molecule has 1 aliphatic heterocycles. The minimum Gasteiger partial charge on any atom is -0.481 e. The Kier molecular flexibility index (Phi) is 3.71. The number of halogens is 1. The molecule has 1 aromatic rings. The molecule has 0 unspecified atom stereocenters. The van der Waals surface area contributed by atoms with E-state index in [-0.39, 0.29) is 13.2 Å². The van der Waals surface area contributed by atoms with Crippen LogP contribution in [-0.4, -0.2) is 24.3 Å². The van der Waals surface area contributed by atoms with Gasteiger partial charge in [0.1, 0.15) is 0 Å². The van der Waals surface area contributed by atoms with Crippen molar-refractivity contribution < 1.29 is 24.2 Å². The van der Waals surface area contributed by atoms with Crippen LogP contribution in [-0.2, 0) is 9.59 Å². The van der Waals surface area contributed by atoms with Crippen LogP contribution in [0.5, 0.6) is 11.5 Å². The zero-order valence-corrected chi connectivity index (χ0v) is 10.8. The fourth-order valence-corrected chi connectivity index (χ4v) is 2.29. The number of hydrogen-bond acceptors (Lipinski definition) is 4. The summed E-state index contributed by atoms with van der Waals surface area (Å²) in [5, 5.41) is 11.3. The Hall–Kier alpha value is -1.76. The number of carboxylic acid groups (broad SMARTS) is 1. The molecule has 0 bridgehead atoms.